The molecular weight excluding hydrogens is 214 g/mol. The number of nitrogens with zero attached hydrogens (tertiary/aromatic N) is 2. The smallest absolute Gasteiger partial charge is 0.236 e. The highest BCUT2D eigenvalue weighted by Gasteiger charge is 2.19. The van der Waals surface area contributed by atoms with E-state index in [0.29, 0.717) is 18.5 Å². The first-order chi connectivity index (χ1) is 8.25. The molecule has 4 heteroatoms. The number of hydrogen-bond donors (Lipinski definition) is 1. The van der Waals surface area contributed by atoms with Gasteiger partial charge in [0.2, 0.25) is 5.91 Å². The highest BCUT2D eigenvalue weighted by Crippen LogP contribution is 2.10. The van der Waals surface area contributed by atoms with Crippen molar-refractivity contribution in [2.45, 2.75) is 38.1 Å². The van der Waals surface area contributed by atoms with E-state index in [0.717, 1.165) is 19.6 Å². The Hall–Kier alpha value is -0.610. The van der Waals surface area contributed by atoms with Gasteiger partial charge in [-0.15, -0.1) is 0 Å². The summed E-state index contributed by atoms with van der Waals surface area (Å²) in [5.74, 6) is 0.292. The third-order valence-corrected chi connectivity index (χ3v) is 3.95. The van der Waals surface area contributed by atoms with Crippen molar-refractivity contribution < 1.29 is 4.79 Å². The molecule has 98 valence electrons. The SMILES string of the molecule is CN1CCCC(NCC(=O)N2CCCC2)CC1. The van der Waals surface area contributed by atoms with E-state index in [9.17, 15) is 4.79 Å². The fourth-order valence-corrected chi connectivity index (χ4v) is 2.75. The van der Waals surface area contributed by atoms with Gasteiger partial charge in [-0.05, 0) is 52.2 Å². The molecule has 2 fully saturated rings. The van der Waals surface area contributed by atoms with Crippen molar-refractivity contribution in [1.29, 1.82) is 0 Å². The maximum atomic E-state index is 11.9. The van der Waals surface area contributed by atoms with Crippen LogP contribution in [0.25, 0.3) is 0 Å². The monoisotopic (exact) mass is 239 g/mol. The quantitative estimate of drug-likeness (QED) is 0.787. The Bertz CT molecular complexity index is 251. The predicted octanol–water partition coefficient (Wildman–Crippen LogP) is 0.683. The predicted molar refractivity (Wildman–Crippen MR) is 69.0 cm³/mol. The molecule has 1 atom stereocenters. The fraction of sp³-hybridized carbons (Fsp3) is 0.923. The lowest BCUT2D eigenvalue weighted by Gasteiger charge is -2.20. The van der Waals surface area contributed by atoms with E-state index in [1.54, 1.807) is 0 Å². The third kappa shape index (κ3) is 3.96. The summed E-state index contributed by atoms with van der Waals surface area (Å²) >= 11 is 0. The number of carbonyl (C=O) groups excluding carboxylic acids is 1. The Labute approximate surface area is 104 Å². The summed E-state index contributed by atoms with van der Waals surface area (Å²) in [7, 11) is 2.18. The van der Waals surface area contributed by atoms with Crippen LogP contribution in [0.5, 0.6) is 0 Å². The molecule has 0 aromatic heterocycles. The number of carbonyl (C=O) groups is 1. The van der Waals surface area contributed by atoms with E-state index in [-0.39, 0.29) is 0 Å². The Morgan fingerprint density at radius 3 is 2.65 bits per heavy atom. The number of nitrogens with one attached hydrogen (secondary N) is 1. The van der Waals surface area contributed by atoms with Crippen LogP contribution in [0.4, 0.5) is 0 Å². The molecule has 2 heterocycles. The van der Waals surface area contributed by atoms with Crippen LogP contribution in [0, 0.1) is 0 Å². The van der Waals surface area contributed by atoms with E-state index in [1.165, 1.54) is 38.6 Å². The van der Waals surface area contributed by atoms with Crippen LogP contribution >= 0.6 is 0 Å². The second-order valence-corrected chi connectivity index (χ2v) is 5.40. The van der Waals surface area contributed by atoms with Crippen LogP contribution in [0.1, 0.15) is 32.1 Å². The lowest BCUT2D eigenvalue weighted by Crippen LogP contribution is -2.40. The molecule has 2 rings (SSSR count). The Kier molecular flexibility index (Phi) is 4.80. The molecule has 17 heavy (non-hydrogen) atoms. The van der Waals surface area contributed by atoms with E-state index >= 15 is 0 Å². The average molecular weight is 239 g/mol. The first-order valence-electron chi connectivity index (χ1n) is 6.95. The van der Waals surface area contributed by atoms with Gasteiger partial charge in [-0.1, -0.05) is 0 Å². The van der Waals surface area contributed by atoms with E-state index < -0.39 is 0 Å². The van der Waals surface area contributed by atoms with Crippen molar-refractivity contribution in [2.24, 2.45) is 0 Å². The van der Waals surface area contributed by atoms with Crippen LogP contribution in [-0.4, -0.2) is 61.5 Å². The molecule has 2 aliphatic rings. The molecule has 0 aromatic carbocycles. The summed E-state index contributed by atoms with van der Waals surface area (Å²) in [5.41, 5.74) is 0. The minimum Gasteiger partial charge on any atom is -0.342 e. The van der Waals surface area contributed by atoms with Crippen molar-refractivity contribution in [3.05, 3.63) is 0 Å². The van der Waals surface area contributed by atoms with Gasteiger partial charge in [0.05, 0.1) is 6.54 Å². The summed E-state index contributed by atoms with van der Waals surface area (Å²) in [5, 5.41) is 3.44. The van der Waals surface area contributed by atoms with Crippen molar-refractivity contribution in [3.8, 4) is 0 Å². The molecule has 0 bridgehead atoms. The number of rotatable bonds is 3. The summed E-state index contributed by atoms with van der Waals surface area (Å²) in [6.45, 7) is 4.81. The molecule has 1 unspecified atom stereocenters. The summed E-state index contributed by atoms with van der Waals surface area (Å²) in [6.07, 6.45) is 5.98. The van der Waals surface area contributed by atoms with Gasteiger partial charge in [0.25, 0.3) is 0 Å². The zero-order chi connectivity index (χ0) is 12.1. The Morgan fingerprint density at radius 2 is 1.88 bits per heavy atom. The minimum atomic E-state index is 0.292. The largest absolute Gasteiger partial charge is 0.342 e. The van der Waals surface area contributed by atoms with Crippen LogP contribution < -0.4 is 5.32 Å². The van der Waals surface area contributed by atoms with E-state index in [1.807, 2.05) is 4.90 Å². The van der Waals surface area contributed by atoms with Crippen molar-refractivity contribution in [1.82, 2.24) is 15.1 Å². The molecule has 4 nitrogen and oxygen atoms in total. The highest BCUT2D eigenvalue weighted by molar-refractivity contribution is 5.78. The zero-order valence-electron chi connectivity index (χ0n) is 11.0. The molecule has 0 aliphatic carbocycles. The summed E-state index contributed by atoms with van der Waals surface area (Å²) in [6, 6.07) is 0.534. The number of hydrogen-bond acceptors (Lipinski definition) is 3. The van der Waals surface area contributed by atoms with E-state index in [2.05, 4.69) is 17.3 Å². The van der Waals surface area contributed by atoms with Gasteiger partial charge < -0.3 is 15.1 Å². The van der Waals surface area contributed by atoms with Gasteiger partial charge in [-0.3, -0.25) is 4.79 Å². The third-order valence-electron chi connectivity index (χ3n) is 3.95. The Morgan fingerprint density at radius 1 is 1.12 bits per heavy atom. The molecule has 1 N–H and O–H groups in total. The van der Waals surface area contributed by atoms with E-state index in [4.69, 9.17) is 0 Å². The zero-order valence-corrected chi connectivity index (χ0v) is 11.0. The van der Waals surface area contributed by atoms with Crippen LogP contribution in [0.15, 0.2) is 0 Å². The van der Waals surface area contributed by atoms with Gasteiger partial charge in [-0.25, -0.2) is 0 Å². The van der Waals surface area contributed by atoms with Crippen LogP contribution in [0.2, 0.25) is 0 Å². The summed E-state index contributed by atoms with van der Waals surface area (Å²) in [4.78, 5) is 16.3. The maximum absolute atomic E-state index is 11.9. The second kappa shape index (κ2) is 6.36. The second-order valence-electron chi connectivity index (χ2n) is 5.40. The van der Waals surface area contributed by atoms with Gasteiger partial charge >= 0.3 is 0 Å². The van der Waals surface area contributed by atoms with Crippen molar-refractivity contribution in [2.75, 3.05) is 39.8 Å². The first-order valence-corrected chi connectivity index (χ1v) is 6.95. The molecular formula is C13H25N3O. The topological polar surface area (TPSA) is 35.6 Å². The summed E-state index contributed by atoms with van der Waals surface area (Å²) < 4.78 is 0. The van der Waals surface area contributed by atoms with Gasteiger partial charge in [0.1, 0.15) is 0 Å². The van der Waals surface area contributed by atoms with Crippen molar-refractivity contribution >= 4 is 5.91 Å². The lowest BCUT2D eigenvalue weighted by atomic mass is 10.1. The molecule has 0 aromatic rings. The molecule has 0 spiro atoms. The van der Waals surface area contributed by atoms with Gasteiger partial charge in [0.15, 0.2) is 0 Å². The molecule has 0 saturated carbocycles. The standard InChI is InChI=1S/C13H25N3O/c1-15-7-4-5-12(6-10-15)14-11-13(17)16-8-2-3-9-16/h12,14H,2-11H2,1H3. The maximum Gasteiger partial charge on any atom is 0.236 e. The lowest BCUT2D eigenvalue weighted by molar-refractivity contribution is -0.129. The molecule has 2 saturated heterocycles. The normalized spacial score (nSPS) is 27.1. The minimum absolute atomic E-state index is 0.292. The molecule has 1 amide bonds. The highest BCUT2D eigenvalue weighted by atomic mass is 16.2. The first kappa shape index (κ1) is 12.8. The Balaban J connectivity index is 1.68. The molecule has 0 radical (unpaired) electrons. The van der Waals surface area contributed by atoms with Crippen LogP contribution in [-0.2, 0) is 4.79 Å². The number of amides is 1. The van der Waals surface area contributed by atoms with Crippen LogP contribution in [0.3, 0.4) is 0 Å². The van der Waals surface area contributed by atoms with Gasteiger partial charge in [0, 0.05) is 19.1 Å². The van der Waals surface area contributed by atoms with Crippen molar-refractivity contribution in [3.63, 3.8) is 0 Å². The fourth-order valence-electron chi connectivity index (χ4n) is 2.75. The number of likely N-dealkylation sites (tertiary alicyclic amines) is 2. The average Bonchev–Trinajstić information content (AvgIpc) is 2.78. The molecule has 2 aliphatic heterocycles. The van der Waals surface area contributed by atoms with Gasteiger partial charge in [-0.2, -0.15) is 0 Å².